The molecule has 16 aliphatic carbocycles. The minimum Gasteiger partial charge on any atom is -0.480 e. The highest BCUT2D eigenvalue weighted by molar-refractivity contribution is 5.91. The van der Waals surface area contributed by atoms with E-state index in [9.17, 15) is 67.1 Å². The van der Waals surface area contributed by atoms with Gasteiger partial charge in [0.15, 0.2) is 5.78 Å². The molecule has 2 amide bonds. The number of nitrogens with two attached hydrogens (primary N) is 3. The Morgan fingerprint density at radius 3 is 0.723 bits per heavy atom. The van der Waals surface area contributed by atoms with Gasteiger partial charge in [0, 0.05) is 42.9 Å². The fourth-order valence-corrected chi connectivity index (χ4v) is 35.9. The topological polar surface area (TPSA) is 417 Å². The summed E-state index contributed by atoms with van der Waals surface area (Å²) >= 11 is 0. The van der Waals surface area contributed by atoms with Crippen LogP contribution < -0.4 is 27.8 Å². The number of carboxylic acid groups (broad SMARTS) is 1. The number of alkyl carbamates (subject to hydrolysis) is 2. The number of carboxylic acids is 1. The molecule has 16 aliphatic rings. The molecule has 0 bridgehead atoms. The molecule has 9 N–H and O–H groups in total. The van der Waals surface area contributed by atoms with Crippen molar-refractivity contribution in [3.63, 3.8) is 0 Å². The van der Waals surface area contributed by atoms with Gasteiger partial charge in [0.1, 0.15) is 82.4 Å². The van der Waals surface area contributed by atoms with Crippen LogP contribution in [-0.2, 0) is 86.0 Å². The Bertz CT molecular complexity index is 4600. The Labute approximate surface area is 893 Å². The summed E-state index contributed by atoms with van der Waals surface area (Å²) in [5, 5.41) is 13.2. The van der Waals surface area contributed by atoms with E-state index in [2.05, 4.69) is 66.0 Å². The second-order valence-electron chi connectivity index (χ2n) is 55.3. The van der Waals surface area contributed by atoms with Crippen LogP contribution in [0.2, 0.25) is 0 Å². The fourth-order valence-electron chi connectivity index (χ4n) is 35.9. The zero-order valence-corrected chi connectivity index (χ0v) is 96.6. The Morgan fingerprint density at radius 1 is 0.291 bits per heavy atom. The molecule has 27 heteroatoms. The molecule has 16 rings (SSSR count). The van der Waals surface area contributed by atoms with Gasteiger partial charge >= 0.3 is 42.0 Å². The second kappa shape index (κ2) is 48.2. The van der Waals surface area contributed by atoms with Crippen LogP contribution >= 0.6 is 12.4 Å². The van der Waals surface area contributed by atoms with Crippen molar-refractivity contribution in [3.8, 4) is 0 Å². The Hall–Kier alpha value is -6.25. The summed E-state index contributed by atoms with van der Waals surface area (Å²) in [6, 6.07) is -3.27. The summed E-state index contributed by atoms with van der Waals surface area (Å²) < 4.78 is 33.6. The SMILES string of the molecule is CC(=O)[C@H]1CC[C@H]2[C@@H]3CC[C@H]4C[C@H](OC(=O)[C@H](C)CC(=O)[C@H](C)N)CC[C@]4(C)[C@H]3CC[C@]12C.CC(=O)[C@H]1CC[C@H]2[C@@H]3CC[C@H]4C[C@H](OC(=O)[C@H](C)CC(=O)[C@H](C)N)CC[C@]4(C)[C@H]3CC[C@]12C.CC(=O)[C@H]1CC[C@H]2[C@@H]3CC[C@H]4C[C@H](OC(=O)[C@H](C)CC(=O)[C@H](C)NC(=O)OC(C)(C)C)CC[C@]4(C)[C@H]3CC[C@]12C.CC(=O)[C@H]1CC[C@H]2[C@@H]3CC[C@H]4C[C@H](OC(=O)[C@H](C)N)CC[C@]4(C)[C@H]3CC[C@]12C.C[C@H](NC(=O)OC(C)(C)C)C(=O)O.Cl. The third kappa shape index (κ3) is 26.3. The third-order valence-electron chi connectivity index (χ3n) is 44.0. The molecule has 0 radical (unpaired) electrons. The summed E-state index contributed by atoms with van der Waals surface area (Å²) in [4.78, 5) is 169. The maximum absolute atomic E-state index is 13.0. The van der Waals surface area contributed by atoms with Crippen molar-refractivity contribution in [2.45, 2.75) is 496 Å². The Balaban J connectivity index is 0.000000181. The van der Waals surface area contributed by atoms with Crippen LogP contribution in [0.4, 0.5) is 9.59 Å². The van der Waals surface area contributed by atoms with Gasteiger partial charge in [-0.3, -0.25) is 57.5 Å². The minimum absolute atomic E-state index is 0. The molecule has 0 heterocycles. The van der Waals surface area contributed by atoms with Crippen LogP contribution in [0.15, 0.2) is 0 Å². The molecule has 148 heavy (non-hydrogen) atoms. The number of aliphatic carboxylic acids is 1. The summed E-state index contributed by atoms with van der Waals surface area (Å²) in [5.74, 6) is 9.80. The van der Waals surface area contributed by atoms with Gasteiger partial charge in [-0.1, -0.05) is 76.2 Å². The smallest absolute Gasteiger partial charge is 0.408 e. The number of esters is 4. The summed E-state index contributed by atoms with van der Waals surface area (Å²) in [5.41, 5.74) is 17.8. The maximum Gasteiger partial charge on any atom is 0.408 e. The first-order chi connectivity index (χ1) is 68.4. The number of amides is 2. The van der Waals surface area contributed by atoms with E-state index in [-0.39, 0.29) is 148 Å². The predicted octanol–water partition coefficient (Wildman–Crippen LogP) is 22.7. The number of hydrogen-bond acceptors (Lipinski definition) is 23. The number of ether oxygens (including phenoxy) is 6. The van der Waals surface area contributed by atoms with E-state index in [1.807, 2.05) is 6.92 Å². The average Bonchev–Trinajstić information content (AvgIpc) is 1.50. The molecule has 0 aromatic rings. The van der Waals surface area contributed by atoms with Gasteiger partial charge in [0.05, 0.1) is 35.9 Å². The molecule has 40 atom stereocenters. The van der Waals surface area contributed by atoms with Crippen LogP contribution in [0, 0.1) is 179 Å². The monoisotopic (exact) mass is 2090 g/mol. The van der Waals surface area contributed by atoms with Gasteiger partial charge < -0.3 is 61.4 Å². The van der Waals surface area contributed by atoms with Crippen molar-refractivity contribution >= 4 is 94.9 Å². The lowest BCUT2D eigenvalue weighted by atomic mass is 9.44. The number of halogens is 1. The maximum atomic E-state index is 13.0. The molecule has 0 aliphatic heterocycles. The van der Waals surface area contributed by atoms with Gasteiger partial charge in [-0.15, -0.1) is 12.4 Å². The Morgan fingerprint density at radius 2 is 0.507 bits per heavy atom. The van der Waals surface area contributed by atoms with Crippen LogP contribution in [0.5, 0.6) is 0 Å². The molecule has 0 aromatic carbocycles. The molecule has 0 unspecified atom stereocenters. The van der Waals surface area contributed by atoms with Gasteiger partial charge in [-0.25, -0.2) is 9.59 Å². The van der Waals surface area contributed by atoms with Crippen molar-refractivity contribution in [3.05, 3.63) is 0 Å². The normalized spacial score (nSPS) is 40.5. The van der Waals surface area contributed by atoms with E-state index in [4.69, 9.17) is 50.7 Å². The van der Waals surface area contributed by atoms with E-state index in [0.717, 1.165) is 151 Å². The number of rotatable bonds is 24. The minimum atomic E-state index is -1.09. The molecule has 16 saturated carbocycles. The second-order valence-corrected chi connectivity index (χ2v) is 55.3. The highest BCUT2D eigenvalue weighted by Gasteiger charge is 2.67. The first-order valence-corrected chi connectivity index (χ1v) is 58.3. The average molecular weight is 2090 g/mol. The van der Waals surface area contributed by atoms with Gasteiger partial charge in [-0.05, 0) is 473 Å². The van der Waals surface area contributed by atoms with Crippen molar-refractivity contribution in [2.24, 2.45) is 197 Å². The van der Waals surface area contributed by atoms with Crippen LogP contribution in [0.3, 0.4) is 0 Å². The molecule has 0 spiro atoms. The molecule has 840 valence electrons. The number of carbonyl (C=O) groups is 14. The molecule has 16 fully saturated rings. The van der Waals surface area contributed by atoms with Gasteiger partial charge in [-0.2, -0.15) is 0 Å². The number of carbonyl (C=O) groups excluding carboxylic acids is 13. The molecule has 26 nitrogen and oxygen atoms in total. The first kappa shape index (κ1) is 122. The largest absolute Gasteiger partial charge is 0.480 e. The third-order valence-corrected chi connectivity index (χ3v) is 44.0. The van der Waals surface area contributed by atoms with Gasteiger partial charge in [0.2, 0.25) is 0 Å². The van der Waals surface area contributed by atoms with Crippen LogP contribution in [0.25, 0.3) is 0 Å². The molecular weight excluding hydrogens is 1890 g/mol. The number of nitrogens with one attached hydrogen (secondary N) is 2. The van der Waals surface area contributed by atoms with E-state index < -0.39 is 77.3 Å². The molecular formula is C121H198ClN5O21. The standard InChI is InChI=1S/C33H53NO6.2C28H45NO4.C24H39NO3.C8H15NO4.ClH/c1-19(17-28(36)20(2)34-30(38)40-31(4,5)6)29(37)39-23-13-15-32(7)22(18-23)9-10-24-26-12-11-25(21(3)35)33(26,8)16-14-27(24)32;2*1-16(14-25(31)17(2)29)26(32)33-20-10-12-27(4)19(15-20)6-7-21-23-9-8-22(18(3)30)28(23,5)13-11-24(21)27;1-14(25)22(27)28-17-9-11-23(3)16(13-17)5-6-18-20-8-7-19(15(2)26)24(20,4)12-10-21(18)23;1-5(6(10)11)9-7(12)13-8(2,3)4;/h19-20,22-27H,9-18H2,1-8H3,(H,34,38);2*16-17,19-24H,6-15,29H2,1-5H3;14,16-21H,5-13,25H2,1-4H3;5H,1-4H3,(H,9,12)(H,10,11);1H/t19-,20+,22+,23-,24+,25-,26+,27+,32+,33-;2*16-,17+,19+,20-,21+,22-,23+,24+,27+,28-;14-,16-,17+,18-,19+,20-,21-,23-,24+;5-;/m11100./s1. The van der Waals surface area contributed by atoms with E-state index in [1.54, 1.807) is 111 Å². The van der Waals surface area contributed by atoms with Crippen molar-refractivity contribution in [1.29, 1.82) is 0 Å². The lowest BCUT2D eigenvalue weighted by Gasteiger charge is -2.61. The zero-order chi connectivity index (χ0) is 109. The highest BCUT2D eigenvalue weighted by atomic mass is 35.5. The lowest BCUT2D eigenvalue weighted by Crippen LogP contribution is -2.54. The van der Waals surface area contributed by atoms with Crippen LogP contribution in [-0.4, -0.2) is 153 Å². The van der Waals surface area contributed by atoms with Crippen molar-refractivity contribution in [2.75, 3.05) is 0 Å². The highest BCUT2D eigenvalue weighted by Crippen LogP contribution is 2.73. The Kier molecular flexibility index (Phi) is 39.7. The summed E-state index contributed by atoms with van der Waals surface area (Å²) in [6.07, 6.45) is 39.7. The number of Topliss-reactive ketones (excluding diaryl/α,β-unsaturated/α-hetero) is 7. The first-order valence-electron chi connectivity index (χ1n) is 58.3. The van der Waals surface area contributed by atoms with E-state index >= 15 is 0 Å². The molecule has 0 aromatic heterocycles. The fraction of sp³-hybridized carbons (Fsp3) is 0.884. The predicted molar refractivity (Wildman–Crippen MR) is 573 cm³/mol. The van der Waals surface area contributed by atoms with Gasteiger partial charge in [0.25, 0.3) is 0 Å². The van der Waals surface area contributed by atoms with Crippen molar-refractivity contribution < 1.29 is 101 Å². The van der Waals surface area contributed by atoms with E-state index in [1.165, 1.54) is 129 Å². The number of fused-ring (bicyclic) bond motifs is 20. The zero-order valence-electron chi connectivity index (χ0n) is 95.8. The van der Waals surface area contributed by atoms with E-state index in [0.29, 0.717) is 92.6 Å². The summed E-state index contributed by atoms with van der Waals surface area (Å²) in [6.45, 7) is 50.6. The van der Waals surface area contributed by atoms with Crippen molar-refractivity contribution in [1.82, 2.24) is 10.6 Å². The number of hydrogen-bond donors (Lipinski definition) is 6. The quantitative estimate of drug-likeness (QED) is 0.0386. The molecule has 0 saturated heterocycles. The lowest BCUT2D eigenvalue weighted by molar-refractivity contribution is -0.167. The summed E-state index contributed by atoms with van der Waals surface area (Å²) in [7, 11) is 0. The number of ketones is 7. The van der Waals surface area contributed by atoms with Crippen LogP contribution in [0.1, 0.15) is 430 Å².